The number of esters is 1. The summed E-state index contributed by atoms with van der Waals surface area (Å²) in [7, 11) is 7.00. The molecule has 1 aromatic carbocycles. The standard InChI is InChI=1S/C14H21NO3/c1-10(8-14(16)18-5)12-7-6-11(15(2)3)9-13(12)17-4/h6-7,9-10H,8H2,1-5H3/t10-/m0/s1. The van der Waals surface area contributed by atoms with E-state index in [4.69, 9.17) is 4.74 Å². The normalized spacial score (nSPS) is 11.8. The first-order chi connectivity index (χ1) is 8.49. The lowest BCUT2D eigenvalue weighted by Crippen LogP contribution is -2.10. The first-order valence-electron chi connectivity index (χ1n) is 5.91. The molecule has 0 amide bonds. The molecule has 0 saturated heterocycles. The van der Waals surface area contributed by atoms with Crippen LogP contribution in [0.1, 0.15) is 24.8 Å². The predicted molar refractivity (Wildman–Crippen MR) is 72.4 cm³/mol. The van der Waals surface area contributed by atoms with Gasteiger partial charge in [-0.3, -0.25) is 4.79 Å². The van der Waals surface area contributed by atoms with Gasteiger partial charge in [0.1, 0.15) is 5.75 Å². The molecule has 0 N–H and O–H groups in total. The minimum Gasteiger partial charge on any atom is -0.496 e. The van der Waals surface area contributed by atoms with Gasteiger partial charge in [0.25, 0.3) is 0 Å². The summed E-state index contributed by atoms with van der Waals surface area (Å²) in [6.45, 7) is 1.99. The fourth-order valence-electron chi connectivity index (χ4n) is 1.83. The second kappa shape index (κ2) is 6.28. The predicted octanol–water partition coefficient (Wildman–Crippen LogP) is 2.43. The summed E-state index contributed by atoms with van der Waals surface area (Å²) >= 11 is 0. The van der Waals surface area contributed by atoms with Crippen LogP contribution in [-0.2, 0) is 9.53 Å². The lowest BCUT2D eigenvalue weighted by molar-refractivity contribution is -0.140. The summed E-state index contributed by atoms with van der Waals surface area (Å²) in [6, 6.07) is 6.00. The van der Waals surface area contributed by atoms with Crippen LogP contribution in [0.15, 0.2) is 18.2 Å². The minimum absolute atomic E-state index is 0.0728. The van der Waals surface area contributed by atoms with Crippen molar-refractivity contribution in [3.8, 4) is 5.75 Å². The third kappa shape index (κ3) is 3.39. The Morgan fingerprint density at radius 3 is 2.50 bits per heavy atom. The maximum Gasteiger partial charge on any atom is 0.306 e. The number of rotatable bonds is 5. The number of nitrogens with zero attached hydrogens (tertiary/aromatic N) is 1. The topological polar surface area (TPSA) is 38.8 Å². The van der Waals surface area contributed by atoms with E-state index in [2.05, 4.69) is 4.74 Å². The fourth-order valence-corrected chi connectivity index (χ4v) is 1.83. The van der Waals surface area contributed by atoms with Crippen LogP contribution in [0.25, 0.3) is 0 Å². The Labute approximate surface area is 108 Å². The molecule has 0 aliphatic heterocycles. The van der Waals surface area contributed by atoms with Crippen LogP contribution in [0.5, 0.6) is 5.75 Å². The highest BCUT2D eigenvalue weighted by molar-refractivity contribution is 5.70. The number of carbonyl (C=O) groups excluding carboxylic acids is 1. The Balaban J connectivity index is 2.97. The van der Waals surface area contributed by atoms with Gasteiger partial charge < -0.3 is 14.4 Å². The molecule has 0 aliphatic rings. The Morgan fingerprint density at radius 1 is 1.33 bits per heavy atom. The highest BCUT2D eigenvalue weighted by atomic mass is 16.5. The van der Waals surface area contributed by atoms with E-state index in [0.29, 0.717) is 6.42 Å². The SMILES string of the molecule is COC(=O)C[C@H](C)c1ccc(N(C)C)cc1OC. The minimum atomic E-state index is -0.207. The molecule has 0 bridgehead atoms. The molecule has 0 fully saturated rings. The molecule has 100 valence electrons. The van der Waals surface area contributed by atoms with Crippen molar-refractivity contribution in [1.82, 2.24) is 0 Å². The van der Waals surface area contributed by atoms with Gasteiger partial charge in [0.2, 0.25) is 0 Å². The average Bonchev–Trinajstić information content (AvgIpc) is 2.37. The molecule has 0 aromatic heterocycles. The largest absolute Gasteiger partial charge is 0.496 e. The highest BCUT2D eigenvalue weighted by Gasteiger charge is 2.16. The van der Waals surface area contributed by atoms with Crippen LogP contribution in [0, 0.1) is 0 Å². The molecule has 0 spiro atoms. The number of anilines is 1. The van der Waals surface area contributed by atoms with E-state index in [-0.39, 0.29) is 11.9 Å². The smallest absolute Gasteiger partial charge is 0.306 e. The molecule has 0 saturated carbocycles. The van der Waals surface area contributed by atoms with E-state index in [0.717, 1.165) is 17.0 Å². The first kappa shape index (κ1) is 14.4. The fraction of sp³-hybridized carbons (Fsp3) is 0.500. The number of carbonyl (C=O) groups is 1. The third-order valence-corrected chi connectivity index (χ3v) is 2.96. The molecule has 1 atom stereocenters. The van der Waals surface area contributed by atoms with E-state index in [1.807, 2.05) is 44.1 Å². The van der Waals surface area contributed by atoms with E-state index < -0.39 is 0 Å². The Hall–Kier alpha value is -1.71. The zero-order valence-corrected chi connectivity index (χ0v) is 11.7. The van der Waals surface area contributed by atoms with Crippen LogP contribution < -0.4 is 9.64 Å². The average molecular weight is 251 g/mol. The van der Waals surface area contributed by atoms with Crippen molar-refractivity contribution in [2.75, 3.05) is 33.2 Å². The molecular formula is C14H21NO3. The van der Waals surface area contributed by atoms with Crippen molar-refractivity contribution < 1.29 is 14.3 Å². The summed E-state index contributed by atoms with van der Waals surface area (Å²) in [5.41, 5.74) is 2.09. The molecule has 0 unspecified atom stereocenters. The van der Waals surface area contributed by atoms with Gasteiger partial charge in [-0.1, -0.05) is 13.0 Å². The van der Waals surface area contributed by atoms with Crippen LogP contribution in [0.3, 0.4) is 0 Å². The monoisotopic (exact) mass is 251 g/mol. The molecule has 4 heteroatoms. The zero-order chi connectivity index (χ0) is 13.7. The second-order valence-corrected chi connectivity index (χ2v) is 4.50. The van der Waals surface area contributed by atoms with Gasteiger partial charge in [-0.05, 0) is 17.5 Å². The molecule has 1 aromatic rings. The lowest BCUT2D eigenvalue weighted by atomic mass is 9.96. The second-order valence-electron chi connectivity index (χ2n) is 4.50. The third-order valence-electron chi connectivity index (χ3n) is 2.96. The molecule has 0 heterocycles. The van der Waals surface area contributed by atoms with Gasteiger partial charge in [-0.15, -0.1) is 0 Å². The van der Waals surface area contributed by atoms with Crippen LogP contribution in [-0.4, -0.2) is 34.3 Å². The van der Waals surface area contributed by atoms with Crippen LogP contribution in [0.2, 0.25) is 0 Å². The first-order valence-corrected chi connectivity index (χ1v) is 5.91. The zero-order valence-electron chi connectivity index (χ0n) is 11.7. The number of methoxy groups -OCH3 is 2. The molecule has 18 heavy (non-hydrogen) atoms. The van der Waals surface area contributed by atoms with Gasteiger partial charge >= 0.3 is 5.97 Å². The molecule has 0 aliphatic carbocycles. The van der Waals surface area contributed by atoms with Crippen LogP contribution in [0.4, 0.5) is 5.69 Å². The van der Waals surface area contributed by atoms with Gasteiger partial charge in [0.15, 0.2) is 0 Å². The number of ether oxygens (including phenoxy) is 2. The Bertz CT molecular complexity index is 416. The lowest BCUT2D eigenvalue weighted by Gasteiger charge is -2.18. The van der Waals surface area contributed by atoms with E-state index in [1.165, 1.54) is 7.11 Å². The van der Waals surface area contributed by atoms with E-state index in [1.54, 1.807) is 7.11 Å². The van der Waals surface area contributed by atoms with Crippen molar-refractivity contribution >= 4 is 11.7 Å². The molecule has 4 nitrogen and oxygen atoms in total. The number of hydrogen-bond acceptors (Lipinski definition) is 4. The maximum atomic E-state index is 11.3. The highest BCUT2D eigenvalue weighted by Crippen LogP contribution is 2.32. The van der Waals surface area contributed by atoms with Gasteiger partial charge in [-0.25, -0.2) is 0 Å². The van der Waals surface area contributed by atoms with Crippen molar-refractivity contribution in [1.29, 1.82) is 0 Å². The van der Waals surface area contributed by atoms with Gasteiger partial charge in [0, 0.05) is 25.8 Å². The van der Waals surface area contributed by atoms with E-state index >= 15 is 0 Å². The molecule has 1 rings (SSSR count). The van der Waals surface area contributed by atoms with Crippen LogP contribution >= 0.6 is 0 Å². The summed E-state index contributed by atoms with van der Waals surface area (Å²) in [5, 5.41) is 0. The number of hydrogen-bond donors (Lipinski definition) is 0. The summed E-state index contributed by atoms with van der Waals surface area (Å²) in [4.78, 5) is 13.3. The quantitative estimate of drug-likeness (QED) is 0.753. The summed E-state index contributed by atoms with van der Waals surface area (Å²) in [6.07, 6.45) is 0.355. The van der Waals surface area contributed by atoms with Gasteiger partial charge in [-0.2, -0.15) is 0 Å². The maximum absolute atomic E-state index is 11.3. The molecular weight excluding hydrogens is 230 g/mol. The summed E-state index contributed by atoms with van der Waals surface area (Å²) in [5.74, 6) is 0.669. The van der Waals surface area contributed by atoms with Crippen molar-refractivity contribution in [2.24, 2.45) is 0 Å². The van der Waals surface area contributed by atoms with Crippen molar-refractivity contribution in [2.45, 2.75) is 19.3 Å². The Morgan fingerprint density at radius 2 is 2.00 bits per heavy atom. The van der Waals surface area contributed by atoms with Gasteiger partial charge in [0.05, 0.1) is 20.6 Å². The summed E-state index contributed by atoms with van der Waals surface area (Å²) < 4.78 is 10.1. The van der Waals surface area contributed by atoms with Crippen molar-refractivity contribution in [3.05, 3.63) is 23.8 Å². The van der Waals surface area contributed by atoms with Crippen molar-refractivity contribution in [3.63, 3.8) is 0 Å². The molecule has 0 radical (unpaired) electrons. The number of benzene rings is 1. The Kier molecular flexibility index (Phi) is 5.01. The van der Waals surface area contributed by atoms with E-state index in [9.17, 15) is 4.79 Å².